The summed E-state index contributed by atoms with van der Waals surface area (Å²) >= 11 is 0. The van der Waals surface area contributed by atoms with E-state index in [-0.39, 0.29) is 22.6 Å². The molecule has 0 aromatic heterocycles. The molecule has 0 bridgehead atoms. The minimum absolute atomic E-state index is 0.00805. The van der Waals surface area contributed by atoms with Gasteiger partial charge in [-0.15, -0.1) is 0 Å². The van der Waals surface area contributed by atoms with E-state index in [0.717, 1.165) is 25.7 Å². The number of piperidine rings is 1. The lowest BCUT2D eigenvalue weighted by Gasteiger charge is -2.37. The highest BCUT2D eigenvalue weighted by molar-refractivity contribution is 7.89. The third kappa shape index (κ3) is 4.28. The number of sulfonamides is 1. The highest BCUT2D eigenvalue weighted by Gasteiger charge is 2.41. The summed E-state index contributed by atoms with van der Waals surface area (Å²) in [5.74, 6) is -0.522. The second-order valence-electron chi connectivity index (χ2n) is 7.87. The zero-order valence-electron chi connectivity index (χ0n) is 16.7. The smallest absolute Gasteiger partial charge is 0.253 e. The van der Waals surface area contributed by atoms with E-state index in [9.17, 15) is 13.2 Å². The number of hydrogen-bond donors (Lipinski definition) is 1. The molecule has 1 saturated carbocycles. The maximum Gasteiger partial charge on any atom is 0.253 e. The Labute approximate surface area is 171 Å². The highest BCUT2D eigenvalue weighted by Crippen LogP contribution is 2.33. The molecule has 1 aliphatic carbocycles. The van der Waals surface area contributed by atoms with Crippen LogP contribution in [0.4, 0.5) is 0 Å². The van der Waals surface area contributed by atoms with Crippen LogP contribution in [0.1, 0.15) is 48.9 Å². The Bertz CT molecular complexity index is 850. The van der Waals surface area contributed by atoms with Crippen molar-refractivity contribution in [2.45, 2.75) is 55.2 Å². The van der Waals surface area contributed by atoms with Crippen LogP contribution in [0, 0.1) is 0 Å². The third-order valence-electron chi connectivity index (χ3n) is 6.00. The maximum absolute atomic E-state index is 13.0. The van der Waals surface area contributed by atoms with E-state index < -0.39 is 15.8 Å². The predicted molar refractivity (Wildman–Crippen MR) is 105 cm³/mol. The molecule has 2 saturated heterocycles. The number of carbonyl (C=O) groups excluding carboxylic acids is 1. The standard InChI is InChI=1S/C20H28N2O6S/c1-26-17-7-6-15(14-18(17)29(24,25)21-16-4-2-3-5-16)19(23)22-10-8-20(9-11-22)27-12-13-28-20/h6-7,14,16,21H,2-5,8-13H2,1H3. The number of amides is 1. The summed E-state index contributed by atoms with van der Waals surface area (Å²) in [6.45, 7) is 2.18. The summed E-state index contributed by atoms with van der Waals surface area (Å²) in [5, 5.41) is 0. The molecule has 2 heterocycles. The van der Waals surface area contributed by atoms with Crippen molar-refractivity contribution < 1.29 is 27.4 Å². The van der Waals surface area contributed by atoms with Crippen LogP contribution in [0.2, 0.25) is 0 Å². The Hall–Kier alpha value is -1.68. The van der Waals surface area contributed by atoms with Crippen LogP contribution in [0.15, 0.2) is 23.1 Å². The summed E-state index contributed by atoms with van der Waals surface area (Å²) in [5.41, 5.74) is 0.335. The molecule has 1 amide bonds. The van der Waals surface area contributed by atoms with Crippen molar-refractivity contribution in [2.75, 3.05) is 33.4 Å². The lowest BCUT2D eigenvalue weighted by molar-refractivity contribution is -0.181. The topological polar surface area (TPSA) is 94.2 Å². The van der Waals surface area contributed by atoms with Gasteiger partial charge in [-0.05, 0) is 31.0 Å². The largest absolute Gasteiger partial charge is 0.495 e. The summed E-state index contributed by atoms with van der Waals surface area (Å²) in [7, 11) is -2.35. The molecule has 29 heavy (non-hydrogen) atoms. The average Bonchev–Trinajstić information content (AvgIpc) is 3.40. The Balaban J connectivity index is 1.52. The summed E-state index contributed by atoms with van der Waals surface area (Å²) in [6, 6.07) is 4.52. The van der Waals surface area contributed by atoms with E-state index in [2.05, 4.69) is 4.72 Å². The van der Waals surface area contributed by atoms with Crippen LogP contribution in [-0.4, -0.2) is 64.5 Å². The maximum atomic E-state index is 13.0. The van der Waals surface area contributed by atoms with Crippen molar-refractivity contribution in [3.8, 4) is 5.75 Å². The van der Waals surface area contributed by atoms with E-state index in [1.54, 1.807) is 17.0 Å². The molecule has 8 nitrogen and oxygen atoms in total. The van der Waals surface area contributed by atoms with Gasteiger partial charge in [-0.1, -0.05) is 12.8 Å². The van der Waals surface area contributed by atoms with E-state index in [1.807, 2.05) is 0 Å². The Morgan fingerprint density at radius 3 is 2.45 bits per heavy atom. The monoisotopic (exact) mass is 424 g/mol. The van der Waals surface area contributed by atoms with Crippen LogP contribution in [0.5, 0.6) is 5.75 Å². The van der Waals surface area contributed by atoms with E-state index in [1.165, 1.54) is 13.2 Å². The molecule has 1 aromatic rings. The molecule has 1 aromatic carbocycles. The SMILES string of the molecule is COc1ccc(C(=O)N2CCC3(CC2)OCCO3)cc1S(=O)(=O)NC1CCCC1. The molecule has 2 aliphatic heterocycles. The number of nitrogens with zero attached hydrogens (tertiary/aromatic N) is 1. The van der Waals surface area contributed by atoms with Gasteiger partial charge in [0.05, 0.1) is 20.3 Å². The van der Waals surface area contributed by atoms with Gasteiger partial charge in [0.2, 0.25) is 10.0 Å². The first kappa shape index (κ1) is 20.6. The summed E-state index contributed by atoms with van der Waals surface area (Å²) < 4.78 is 45.3. The van der Waals surface area contributed by atoms with E-state index in [0.29, 0.717) is 44.7 Å². The van der Waals surface area contributed by atoms with Gasteiger partial charge in [0.1, 0.15) is 10.6 Å². The lowest BCUT2D eigenvalue weighted by atomic mass is 10.0. The molecule has 0 unspecified atom stereocenters. The number of hydrogen-bond acceptors (Lipinski definition) is 6. The molecule has 3 fully saturated rings. The minimum atomic E-state index is -3.78. The molecule has 1 spiro atoms. The Morgan fingerprint density at radius 1 is 1.17 bits per heavy atom. The Kier molecular flexibility index (Phi) is 5.83. The quantitative estimate of drug-likeness (QED) is 0.776. The molecular formula is C20H28N2O6S. The predicted octanol–water partition coefficient (Wildman–Crippen LogP) is 1.90. The van der Waals surface area contributed by atoms with Crippen LogP contribution < -0.4 is 9.46 Å². The fraction of sp³-hybridized carbons (Fsp3) is 0.650. The van der Waals surface area contributed by atoms with Crippen molar-refractivity contribution >= 4 is 15.9 Å². The number of carbonyl (C=O) groups is 1. The number of ether oxygens (including phenoxy) is 3. The van der Waals surface area contributed by atoms with Crippen molar-refractivity contribution in [1.82, 2.24) is 9.62 Å². The van der Waals surface area contributed by atoms with Crippen LogP contribution in [-0.2, 0) is 19.5 Å². The molecule has 4 rings (SSSR count). The van der Waals surface area contributed by atoms with Gasteiger partial charge >= 0.3 is 0 Å². The summed E-state index contributed by atoms with van der Waals surface area (Å²) in [4.78, 5) is 14.7. The second-order valence-corrected chi connectivity index (χ2v) is 9.55. The second kappa shape index (κ2) is 8.22. The third-order valence-corrected chi connectivity index (χ3v) is 7.54. The van der Waals surface area contributed by atoms with Gasteiger partial charge in [-0.2, -0.15) is 0 Å². The van der Waals surface area contributed by atoms with Gasteiger partial charge in [0.25, 0.3) is 5.91 Å². The number of methoxy groups -OCH3 is 1. The Morgan fingerprint density at radius 2 is 1.83 bits per heavy atom. The molecule has 9 heteroatoms. The number of likely N-dealkylation sites (tertiary alicyclic amines) is 1. The van der Waals surface area contributed by atoms with Crippen LogP contribution >= 0.6 is 0 Å². The van der Waals surface area contributed by atoms with Crippen molar-refractivity contribution in [2.24, 2.45) is 0 Å². The zero-order valence-corrected chi connectivity index (χ0v) is 17.5. The van der Waals surface area contributed by atoms with E-state index in [4.69, 9.17) is 14.2 Å². The van der Waals surface area contributed by atoms with Gasteiger partial charge in [0, 0.05) is 37.5 Å². The molecule has 1 N–H and O–H groups in total. The molecule has 0 atom stereocenters. The number of benzene rings is 1. The van der Waals surface area contributed by atoms with Crippen LogP contribution in [0.3, 0.4) is 0 Å². The highest BCUT2D eigenvalue weighted by atomic mass is 32.2. The summed E-state index contributed by atoms with van der Waals surface area (Å²) in [6.07, 6.45) is 4.94. The zero-order chi connectivity index (χ0) is 20.5. The fourth-order valence-electron chi connectivity index (χ4n) is 4.37. The fourth-order valence-corrected chi connectivity index (χ4v) is 5.86. The van der Waals surface area contributed by atoms with Gasteiger partial charge in [-0.25, -0.2) is 13.1 Å². The molecule has 0 radical (unpaired) electrons. The number of rotatable bonds is 5. The first-order chi connectivity index (χ1) is 13.9. The molecular weight excluding hydrogens is 396 g/mol. The normalized spacial score (nSPS) is 22.3. The molecule has 3 aliphatic rings. The van der Waals surface area contributed by atoms with Gasteiger partial charge in [-0.3, -0.25) is 4.79 Å². The lowest BCUT2D eigenvalue weighted by Crippen LogP contribution is -2.47. The van der Waals surface area contributed by atoms with E-state index >= 15 is 0 Å². The van der Waals surface area contributed by atoms with Crippen molar-refractivity contribution in [3.63, 3.8) is 0 Å². The number of nitrogens with one attached hydrogen (secondary N) is 1. The average molecular weight is 425 g/mol. The minimum Gasteiger partial charge on any atom is -0.495 e. The van der Waals surface area contributed by atoms with Crippen molar-refractivity contribution in [1.29, 1.82) is 0 Å². The first-order valence-corrected chi connectivity index (χ1v) is 11.7. The molecule has 160 valence electrons. The van der Waals surface area contributed by atoms with Crippen molar-refractivity contribution in [3.05, 3.63) is 23.8 Å². The van der Waals surface area contributed by atoms with Crippen LogP contribution in [0.25, 0.3) is 0 Å². The van der Waals surface area contributed by atoms with Gasteiger partial charge in [0.15, 0.2) is 5.79 Å². The first-order valence-electron chi connectivity index (χ1n) is 10.2. The van der Waals surface area contributed by atoms with Gasteiger partial charge < -0.3 is 19.1 Å².